The van der Waals surface area contributed by atoms with Crippen molar-refractivity contribution in [1.29, 1.82) is 0 Å². The highest BCUT2D eigenvalue weighted by molar-refractivity contribution is 6.23. The molecule has 1 saturated carbocycles. The molecule has 1 aliphatic heterocycles. The number of hydrogen-bond donors (Lipinski definition) is 2. The fourth-order valence-electron chi connectivity index (χ4n) is 2.89. The molecule has 1 aromatic heterocycles. The van der Waals surface area contributed by atoms with E-state index >= 15 is 0 Å². The van der Waals surface area contributed by atoms with Crippen molar-refractivity contribution < 1.29 is 5.11 Å². The lowest BCUT2D eigenvalue weighted by Gasteiger charge is -2.26. The van der Waals surface area contributed by atoms with Gasteiger partial charge in [0.2, 0.25) is 0 Å². The maximum atomic E-state index is 12.5. The molecule has 1 fully saturated rings. The van der Waals surface area contributed by atoms with Gasteiger partial charge in [-0.2, -0.15) is 0 Å². The third kappa shape index (κ3) is 1.90. The highest BCUT2D eigenvalue weighted by Gasteiger charge is 2.39. The number of aromatic nitrogens is 2. The summed E-state index contributed by atoms with van der Waals surface area (Å²) in [5, 5.41) is 8.82. The molecule has 0 radical (unpaired) electrons. The SMILES string of the molecule is CCC1C(N)=Nc2c(n(C3CC3)c(=O)n2CCO)C1Cl. The smallest absolute Gasteiger partial charge is 0.330 e. The normalized spacial score (nSPS) is 25.4. The van der Waals surface area contributed by atoms with Crippen molar-refractivity contribution in [2.24, 2.45) is 16.6 Å². The van der Waals surface area contributed by atoms with Crippen LogP contribution in [-0.4, -0.2) is 26.7 Å². The zero-order valence-corrected chi connectivity index (χ0v) is 12.2. The first-order chi connectivity index (χ1) is 9.60. The van der Waals surface area contributed by atoms with Gasteiger partial charge in [0, 0.05) is 12.0 Å². The van der Waals surface area contributed by atoms with E-state index in [9.17, 15) is 4.79 Å². The fourth-order valence-corrected chi connectivity index (χ4v) is 3.40. The van der Waals surface area contributed by atoms with Gasteiger partial charge in [0.15, 0.2) is 5.82 Å². The van der Waals surface area contributed by atoms with E-state index in [1.807, 2.05) is 6.92 Å². The van der Waals surface area contributed by atoms with Crippen molar-refractivity contribution in [3.8, 4) is 0 Å². The van der Waals surface area contributed by atoms with Crippen LogP contribution in [0.2, 0.25) is 0 Å². The molecule has 3 rings (SSSR count). The number of nitrogens with two attached hydrogens (primary N) is 1. The Morgan fingerprint density at radius 2 is 2.20 bits per heavy atom. The zero-order valence-electron chi connectivity index (χ0n) is 11.4. The molecule has 1 aliphatic carbocycles. The van der Waals surface area contributed by atoms with Crippen molar-refractivity contribution >= 4 is 23.3 Å². The molecule has 0 spiro atoms. The molecule has 2 aliphatic rings. The van der Waals surface area contributed by atoms with Gasteiger partial charge in [-0.05, 0) is 19.3 Å². The van der Waals surface area contributed by atoms with E-state index in [1.54, 1.807) is 4.57 Å². The van der Waals surface area contributed by atoms with Crippen LogP contribution in [0.4, 0.5) is 5.82 Å². The van der Waals surface area contributed by atoms with E-state index in [0.29, 0.717) is 11.7 Å². The Morgan fingerprint density at radius 1 is 1.50 bits per heavy atom. The number of aliphatic hydroxyl groups is 1. The van der Waals surface area contributed by atoms with E-state index in [4.69, 9.17) is 22.4 Å². The van der Waals surface area contributed by atoms with Gasteiger partial charge in [-0.3, -0.25) is 9.13 Å². The largest absolute Gasteiger partial charge is 0.395 e. The van der Waals surface area contributed by atoms with Crippen molar-refractivity contribution in [3.05, 3.63) is 16.2 Å². The van der Waals surface area contributed by atoms with Crippen LogP contribution in [0.1, 0.15) is 43.3 Å². The average molecular weight is 299 g/mol. The molecule has 7 heteroatoms. The molecule has 0 saturated heterocycles. The van der Waals surface area contributed by atoms with E-state index < -0.39 is 0 Å². The summed E-state index contributed by atoms with van der Waals surface area (Å²) >= 11 is 6.57. The average Bonchev–Trinajstić information content (AvgIpc) is 3.20. The van der Waals surface area contributed by atoms with Gasteiger partial charge in [-0.25, -0.2) is 9.79 Å². The Morgan fingerprint density at radius 3 is 2.75 bits per heavy atom. The number of nitrogens with zero attached hydrogens (tertiary/aromatic N) is 3. The molecule has 20 heavy (non-hydrogen) atoms. The summed E-state index contributed by atoms with van der Waals surface area (Å²) < 4.78 is 3.25. The van der Waals surface area contributed by atoms with Crippen LogP contribution in [0.5, 0.6) is 0 Å². The highest BCUT2D eigenvalue weighted by Crippen LogP contribution is 2.45. The summed E-state index contributed by atoms with van der Waals surface area (Å²) in [4.78, 5) is 16.9. The van der Waals surface area contributed by atoms with Gasteiger partial charge < -0.3 is 10.8 Å². The Bertz CT molecular complexity index is 615. The van der Waals surface area contributed by atoms with Crippen LogP contribution < -0.4 is 11.4 Å². The van der Waals surface area contributed by atoms with Crippen molar-refractivity contribution in [2.75, 3.05) is 6.61 Å². The quantitative estimate of drug-likeness (QED) is 0.821. The number of fused-ring (bicyclic) bond motifs is 1. The maximum absolute atomic E-state index is 12.5. The number of aliphatic imine (C=N–C) groups is 1. The van der Waals surface area contributed by atoms with Gasteiger partial charge in [-0.1, -0.05) is 6.92 Å². The lowest BCUT2D eigenvalue weighted by Crippen LogP contribution is -2.30. The zero-order chi connectivity index (χ0) is 14.4. The summed E-state index contributed by atoms with van der Waals surface area (Å²) in [6.07, 6.45) is 2.77. The van der Waals surface area contributed by atoms with Crippen LogP contribution in [-0.2, 0) is 6.54 Å². The van der Waals surface area contributed by atoms with E-state index in [2.05, 4.69) is 4.99 Å². The summed E-state index contributed by atoms with van der Waals surface area (Å²) in [5.74, 6) is 0.955. The first kappa shape index (κ1) is 13.7. The van der Waals surface area contributed by atoms with Crippen LogP contribution >= 0.6 is 11.6 Å². The molecule has 2 unspecified atom stereocenters. The Hall–Kier alpha value is -1.27. The first-order valence-electron chi connectivity index (χ1n) is 7.04. The Balaban J connectivity index is 2.22. The van der Waals surface area contributed by atoms with Gasteiger partial charge in [0.25, 0.3) is 0 Å². The minimum Gasteiger partial charge on any atom is -0.395 e. The molecule has 2 atom stereocenters. The molecular weight excluding hydrogens is 280 g/mol. The van der Waals surface area contributed by atoms with Crippen LogP contribution in [0, 0.1) is 5.92 Å². The molecule has 6 nitrogen and oxygen atoms in total. The number of hydrogen-bond acceptors (Lipinski definition) is 4. The number of halogens is 1. The molecule has 110 valence electrons. The van der Waals surface area contributed by atoms with Gasteiger partial charge >= 0.3 is 5.69 Å². The second-order valence-electron chi connectivity index (χ2n) is 5.42. The first-order valence-corrected chi connectivity index (χ1v) is 7.47. The molecule has 0 amide bonds. The van der Waals surface area contributed by atoms with Crippen molar-refractivity contribution in [2.45, 2.75) is 44.1 Å². The monoisotopic (exact) mass is 298 g/mol. The fraction of sp³-hybridized carbons (Fsp3) is 0.692. The number of imidazole rings is 1. The minimum absolute atomic E-state index is 0.0430. The molecule has 0 bridgehead atoms. The summed E-state index contributed by atoms with van der Waals surface area (Å²) in [6, 6.07) is 0.226. The topological polar surface area (TPSA) is 85.5 Å². The number of aliphatic hydroxyl groups excluding tert-OH is 1. The number of amidine groups is 1. The Kier molecular flexibility index (Phi) is 3.38. The number of alkyl halides is 1. The highest BCUT2D eigenvalue weighted by atomic mass is 35.5. The Labute approximate surface area is 121 Å². The van der Waals surface area contributed by atoms with E-state index in [1.165, 1.54) is 4.57 Å². The predicted molar refractivity (Wildman–Crippen MR) is 77.7 cm³/mol. The van der Waals surface area contributed by atoms with Crippen molar-refractivity contribution in [3.63, 3.8) is 0 Å². The van der Waals surface area contributed by atoms with E-state index in [0.717, 1.165) is 25.0 Å². The summed E-state index contributed by atoms with van der Waals surface area (Å²) in [7, 11) is 0. The minimum atomic E-state index is -0.333. The standard InChI is InChI=1S/C13H19ClN4O2/c1-2-8-9(14)10-12(16-11(8)15)17(5-6-19)13(20)18(10)7-3-4-7/h7-9,19H,2-6H2,1H3,(H2,15,16). The summed E-state index contributed by atoms with van der Waals surface area (Å²) in [5.41, 5.74) is 6.63. The maximum Gasteiger partial charge on any atom is 0.330 e. The molecule has 1 aromatic rings. The van der Waals surface area contributed by atoms with Crippen LogP contribution in [0.3, 0.4) is 0 Å². The van der Waals surface area contributed by atoms with Gasteiger partial charge in [0.1, 0.15) is 5.84 Å². The third-order valence-corrected chi connectivity index (χ3v) is 4.60. The second kappa shape index (κ2) is 4.93. The molecule has 2 heterocycles. The predicted octanol–water partition coefficient (Wildman–Crippen LogP) is 1.29. The van der Waals surface area contributed by atoms with Crippen LogP contribution in [0.25, 0.3) is 0 Å². The van der Waals surface area contributed by atoms with E-state index in [-0.39, 0.29) is 36.2 Å². The van der Waals surface area contributed by atoms with Crippen LogP contribution in [0.15, 0.2) is 9.79 Å². The molecular formula is C13H19ClN4O2. The molecule has 0 aromatic carbocycles. The molecule has 3 N–H and O–H groups in total. The number of rotatable bonds is 4. The van der Waals surface area contributed by atoms with Gasteiger partial charge in [-0.15, -0.1) is 11.6 Å². The van der Waals surface area contributed by atoms with Crippen molar-refractivity contribution in [1.82, 2.24) is 9.13 Å². The lowest BCUT2D eigenvalue weighted by atomic mass is 9.96. The third-order valence-electron chi connectivity index (χ3n) is 4.09. The summed E-state index contributed by atoms with van der Waals surface area (Å²) in [6.45, 7) is 2.12. The second-order valence-corrected chi connectivity index (χ2v) is 5.89. The van der Waals surface area contributed by atoms with Gasteiger partial charge in [0.05, 0.1) is 24.2 Å². The lowest BCUT2D eigenvalue weighted by molar-refractivity contribution is 0.274.